The quantitative estimate of drug-likeness (QED) is 0.737. The fourth-order valence-corrected chi connectivity index (χ4v) is 1.60. The molecule has 0 aliphatic carbocycles. The van der Waals surface area contributed by atoms with Gasteiger partial charge in [0.05, 0.1) is 0 Å². The lowest BCUT2D eigenvalue weighted by Gasteiger charge is -2.10. The summed E-state index contributed by atoms with van der Waals surface area (Å²) in [5.41, 5.74) is 1.24. The van der Waals surface area contributed by atoms with Crippen LogP contribution in [0.3, 0.4) is 0 Å². The molecule has 72 valence electrons. The first-order valence-electron chi connectivity index (χ1n) is 4.60. The number of hydrogen-bond donors (Lipinski definition) is 1. The Kier molecular flexibility index (Phi) is 4.10. The zero-order valence-corrected chi connectivity index (χ0v) is 8.59. The summed E-state index contributed by atoms with van der Waals surface area (Å²) in [7, 11) is 0. The molecule has 0 fully saturated rings. The molecular weight excluding hydrogens is 184 g/mol. The van der Waals surface area contributed by atoms with E-state index in [1.54, 1.807) is 12.1 Å². The first kappa shape index (κ1) is 10.4. The Bertz CT molecular complexity index is 239. The first-order valence-corrected chi connectivity index (χ1v) is 5.13. The lowest BCUT2D eigenvalue weighted by molar-refractivity contribution is 0.474. The summed E-state index contributed by atoms with van der Waals surface area (Å²) in [5.74, 6) is 1.58. The largest absolute Gasteiger partial charge is 0.508 e. The highest BCUT2D eigenvalue weighted by Gasteiger charge is 2.05. The fourth-order valence-electron chi connectivity index (χ4n) is 1.27. The van der Waals surface area contributed by atoms with E-state index in [0.717, 1.165) is 12.8 Å². The second-order valence-electron chi connectivity index (χ2n) is 3.30. The molecule has 0 aliphatic rings. The molecule has 1 unspecified atom stereocenters. The van der Waals surface area contributed by atoms with Gasteiger partial charge in [0.25, 0.3) is 0 Å². The molecule has 0 radical (unpaired) electrons. The SMILES string of the molecule is CCC(CCl)Cc1ccc(O)cc1. The van der Waals surface area contributed by atoms with Crippen LogP contribution in [0.25, 0.3) is 0 Å². The van der Waals surface area contributed by atoms with E-state index in [1.165, 1.54) is 5.56 Å². The number of rotatable bonds is 4. The van der Waals surface area contributed by atoms with Crippen LogP contribution in [0, 0.1) is 5.92 Å². The second kappa shape index (κ2) is 5.13. The van der Waals surface area contributed by atoms with Crippen molar-refractivity contribution in [1.29, 1.82) is 0 Å². The molecule has 0 aliphatic heterocycles. The number of benzene rings is 1. The lowest BCUT2D eigenvalue weighted by atomic mass is 9.99. The molecule has 0 aromatic heterocycles. The summed E-state index contributed by atoms with van der Waals surface area (Å²) in [4.78, 5) is 0. The van der Waals surface area contributed by atoms with Gasteiger partial charge in [0.15, 0.2) is 0 Å². The van der Waals surface area contributed by atoms with E-state index < -0.39 is 0 Å². The molecule has 1 nitrogen and oxygen atoms in total. The molecule has 1 aromatic carbocycles. The van der Waals surface area contributed by atoms with Crippen molar-refractivity contribution in [3.05, 3.63) is 29.8 Å². The average molecular weight is 199 g/mol. The average Bonchev–Trinajstić information content (AvgIpc) is 2.17. The molecule has 1 aromatic rings. The van der Waals surface area contributed by atoms with Crippen LogP contribution in [0.15, 0.2) is 24.3 Å². The maximum absolute atomic E-state index is 9.08. The van der Waals surface area contributed by atoms with Gasteiger partial charge in [-0.05, 0) is 30.0 Å². The van der Waals surface area contributed by atoms with Crippen LogP contribution in [0.2, 0.25) is 0 Å². The maximum Gasteiger partial charge on any atom is 0.115 e. The van der Waals surface area contributed by atoms with Gasteiger partial charge in [0.2, 0.25) is 0 Å². The summed E-state index contributed by atoms with van der Waals surface area (Å²) in [5, 5.41) is 9.08. The summed E-state index contributed by atoms with van der Waals surface area (Å²) >= 11 is 5.80. The monoisotopic (exact) mass is 198 g/mol. The third-order valence-corrected chi connectivity index (χ3v) is 2.69. The zero-order chi connectivity index (χ0) is 9.68. The summed E-state index contributed by atoms with van der Waals surface area (Å²) in [6.45, 7) is 2.15. The van der Waals surface area contributed by atoms with Crippen molar-refractivity contribution in [2.45, 2.75) is 19.8 Å². The Balaban J connectivity index is 2.58. The van der Waals surface area contributed by atoms with Crippen molar-refractivity contribution in [2.75, 3.05) is 5.88 Å². The molecule has 1 rings (SSSR count). The molecule has 0 heterocycles. The predicted molar refractivity (Wildman–Crippen MR) is 56.3 cm³/mol. The van der Waals surface area contributed by atoms with Crippen LogP contribution in [0.4, 0.5) is 0 Å². The molecule has 2 heteroatoms. The summed E-state index contributed by atoms with van der Waals surface area (Å²) in [6.07, 6.45) is 2.10. The van der Waals surface area contributed by atoms with Gasteiger partial charge in [-0.25, -0.2) is 0 Å². The van der Waals surface area contributed by atoms with Crippen molar-refractivity contribution in [2.24, 2.45) is 5.92 Å². The van der Waals surface area contributed by atoms with Gasteiger partial charge in [-0.15, -0.1) is 11.6 Å². The Morgan fingerprint density at radius 3 is 2.38 bits per heavy atom. The lowest BCUT2D eigenvalue weighted by Crippen LogP contribution is -2.04. The van der Waals surface area contributed by atoms with E-state index in [1.807, 2.05) is 12.1 Å². The van der Waals surface area contributed by atoms with Crippen molar-refractivity contribution in [1.82, 2.24) is 0 Å². The Hall–Kier alpha value is -0.690. The van der Waals surface area contributed by atoms with Gasteiger partial charge >= 0.3 is 0 Å². The molecular formula is C11H15ClO. The van der Waals surface area contributed by atoms with Gasteiger partial charge in [0, 0.05) is 5.88 Å². The predicted octanol–water partition coefficient (Wildman–Crippen LogP) is 3.20. The first-order chi connectivity index (χ1) is 6.26. The summed E-state index contributed by atoms with van der Waals surface area (Å²) in [6, 6.07) is 7.33. The van der Waals surface area contributed by atoms with Gasteiger partial charge in [-0.2, -0.15) is 0 Å². The highest BCUT2D eigenvalue weighted by Crippen LogP contribution is 2.16. The van der Waals surface area contributed by atoms with E-state index in [4.69, 9.17) is 16.7 Å². The molecule has 0 saturated carbocycles. The van der Waals surface area contributed by atoms with E-state index in [9.17, 15) is 0 Å². The van der Waals surface area contributed by atoms with Crippen LogP contribution in [-0.2, 0) is 6.42 Å². The molecule has 1 atom stereocenters. The normalized spacial score (nSPS) is 12.8. The number of halogens is 1. The smallest absolute Gasteiger partial charge is 0.115 e. The molecule has 0 spiro atoms. The highest BCUT2D eigenvalue weighted by atomic mass is 35.5. The van der Waals surface area contributed by atoms with Crippen LogP contribution in [-0.4, -0.2) is 11.0 Å². The Labute approximate surface area is 84.4 Å². The minimum absolute atomic E-state index is 0.322. The highest BCUT2D eigenvalue weighted by molar-refractivity contribution is 6.18. The van der Waals surface area contributed by atoms with Crippen molar-refractivity contribution < 1.29 is 5.11 Å². The van der Waals surface area contributed by atoms with Crippen LogP contribution < -0.4 is 0 Å². The third-order valence-electron chi connectivity index (χ3n) is 2.26. The molecule has 0 amide bonds. The van der Waals surface area contributed by atoms with E-state index in [2.05, 4.69) is 6.92 Å². The molecule has 13 heavy (non-hydrogen) atoms. The van der Waals surface area contributed by atoms with Crippen LogP contribution >= 0.6 is 11.6 Å². The molecule has 1 N–H and O–H groups in total. The van der Waals surface area contributed by atoms with E-state index >= 15 is 0 Å². The van der Waals surface area contributed by atoms with E-state index in [-0.39, 0.29) is 0 Å². The van der Waals surface area contributed by atoms with Crippen molar-refractivity contribution >= 4 is 11.6 Å². The minimum Gasteiger partial charge on any atom is -0.508 e. The van der Waals surface area contributed by atoms with E-state index in [0.29, 0.717) is 17.5 Å². The number of phenols is 1. The van der Waals surface area contributed by atoms with Crippen molar-refractivity contribution in [3.8, 4) is 5.75 Å². The van der Waals surface area contributed by atoms with Gasteiger partial charge in [-0.1, -0.05) is 25.5 Å². The van der Waals surface area contributed by atoms with Crippen LogP contribution in [0.5, 0.6) is 5.75 Å². The summed E-state index contributed by atoms with van der Waals surface area (Å²) < 4.78 is 0. The molecule has 0 bridgehead atoms. The third kappa shape index (κ3) is 3.27. The minimum atomic E-state index is 0.322. The molecule has 0 saturated heterocycles. The van der Waals surface area contributed by atoms with Gasteiger partial charge in [0.1, 0.15) is 5.75 Å². The number of phenolic OH excluding ortho intramolecular Hbond substituents is 1. The fraction of sp³-hybridized carbons (Fsp3) is 0.455. The Morgan fingerprint density at radius 1 is 1.31 bits per heavy atom. The van der Waals surface area contributed by atoms with Gasteiger partial charge < -0.3 is 5.11 Å². The number of aromatic hydroxyl groups is 1. The second-order valence-corrected chi connectivity index (χ2v) is 3.61. The standard InChI is InChI=1S/C11H15ClO/c1-2-9(8-12)7-10-3-5-11(13)6-4-10/h3-6,9,13H,2,7-8H2,1H3. The number of alkyl halides is 1. The Morgan fingerprint density at radius 2 is 1.92 bits per heavy atom. The zero-order valence-electron chi connectivity index (χ0n) is 7.83. The van der Waals surface area contributed by atoms with Gasteiger partial charge in [-0.3, -0.25) is 0 Å². The van der Waals surface area contributed by atoms with Crippen LogP contribution in [0.1, 0.15) is 18.9 Å². The maximum atomic E-state index is 9.08. The van der Waals surface area contributed by atoms with Crippen molar-refractivity contribution in [3.63, 3.8) is 0 Å². The topological polar surface area (TPSA) is 20.2 Å². The number of hydrogen-bond acceptors (Lipinski definition) is 1.